The van der Waals surface area contributed by atoms with Gasteiger partial charge >= 0.3 is 0 Å². The normalized spacial score (nSPS) is 9.86. The van der Waals surface area contributed by atoms with Gasteiger partial charge in [-0.15, -0.1) is 6.58 Å². The van der Waals surface area contributed by atoms with Crippen LogP contribution < -0.4 is 0 Å². The second kappa shape index (κ2) is 4.65. The van der Waals surface area contributed by atoms with Gasteiger partial charge in [0, 0.05) is 12.6 Å². The van der Waals surface area contributed by atoms with E-state index in [1.807, 2.05) is 13.8 Å². The first-order valence-corrected chi connectivity index (χ1v) is 4.56. The van der Waals surface area contributed by atoms with Gasteiger partial charge in [-0.3, -0.25) is 9.78 Å². The summed E-state index contributed by atoms with van der Waals surface area (Å²) in [4.78, 5) is 19.6. The molecule has 0 aliphatic rings. The lowest BCUT2D eigenvalue weighted by Gasteiger charge is -1.99. The third kappa shape index (κ3) is 3.09. The molecule has 74 valence electrons. The molecule has 0 unspecified atom stereocenters. The molecule has 0 radical (unpaired) electrons. The van der Waals surface area contributed by atoms with Crippen molar-refractivity contribution >= 4 is 5.78 Å². The number of carbonyl (C=O) groups is 1. The summed E-state index contributed by atoms with van der Waals surface area (Å²) in [6, 6.07) is 0. The number of hydrogen-bond donors (Lipinski definition) is 0. The third-order valence-corrected chi connectivity index (χ3v) is 1.85. The minimum atomic E-state index is 0.0282. The van der Waals surface area contributed by atoms with E-state index in [0.29, 0.717) is 18.5 Å². The van der Waals surface area contributed by atoms with E-state index in [1.165, 1.54) is 6.20 Å². The Labute approximate surface area is 83.9 Å². The zero-order chi connectivity index (χ0) is 10.6. The van der Waals surface area contributed by atoms with Crippen molar-refractivity contribution in [3.63, 3.8) is 0 Å². The summed E-state index contributed by atoms with van der Waals surface area (Å²) >= 11 is 0. The van der Waals surface area contributed by atoms with Crippen LogP contribution in [-0.2, 0) is 0 Å². The van der Waals surface area contributed by atoms with E-state index >= 15 is 0 Å². The van der Waals surface area contributed by atoms with Crippen molar-refractivity contribution in [2.45, 2.75) is 26.7 Å². The van der Waals surface area contributed by atoms with Crippen molar-refractivity contribution < 1.29 is 4.79 Å². The van der Waals surface area contributed by atoms with Gasteiger partial charge in [0.25, 0.3) is 0 Å². The van der Waals surface area contributed by atoms with Crippen LogP contribution in [-0.4, -0.2) is 15.8 Å². The second-order valence-corrected chi connectivity index (χ2v) is 3.42. The molecule has 0 atom stereocenters. The van der Waals surface area contributed by atoms with Crippen LogP contribution in [0.4, 0.5) is 0 Å². The van der Waals surface area contributed by atoms with Crippen molar-refractivity contribution in [2.24, 2.45) is 0 Å². The molecule has 3 nitrogen and oxygen atoms in total. The lowest BCUT2D eigenvalue weighted by Crippen LogP contribution is -2.03. The van der Waals surface area contributed by atoms with E-state index in [1.54, 1.807) is 6.20 Å². The van der Waals surface area contributed by atoms with E-state index in [4.69, 9.17) is 0 Å². The lowest BCUT2D eigenvalue weighted by molar-refractivity contribution is 0.0977. The van der Waals surface area contributed by atoms with Gasteiger partial charge in [-0.25, -0.2) is 4.98 Å². The number of ketones is 1. The zero-order valence-corrected chi connectivity index (χ0v) is 8.58. The highest BCUT2D eigenvalue weighted by Gasteiger charge is 2.06. The maximum atomic E-state index is 11.5. The van der Waals surface area contributed by atoms with Crippen LogP contribution in [0, 0.1) is 6.92 Å². The van der Waals surface area contributed by atoms with Gasteiger partial charge in [0.05, 0.1) is 11.9 Å². The SMILES string of the molecule is C=C(C)CCC(=O)c1cnc(C)cn1. The van der Waals surface area contributed by atoms with Gasteiger partial charge in [0.15, 0.2) is 5.78 Å². The smallest absolute Gasteiger partial charge is 0.183 e. The summed E-state index contributed by atoms with van der Waals surface area (Å²) in [5, 5.41) is 0. The largest absolute Gasteiger partial charge is 0.292 e. The van der Waals surface area contributed by atoms with Gasteiger partial charge in [-0.1, -0.05) is 5.57 Å². The monoisotopic (exact) mass is 190 g/mol. The molecular weight excluding hydrogens is 176 g/mol. The average molecular weight is 190 g/mol. The van der Waals surface area contributed by atoms with Crippen LogP contribution in [0.15, 0.2) is 24.5 Å². The van der Waals surface area contributed by atoms with Crippen molar-refractivity contribution in [3.05, 3.63) is 35.9 Å². The molecule has 0 aliphatic heterocycles. The topological polar surface area (TPSA) is 42.9 Å². The fourth-order valence-electron chi connectivity index (χ4n) is 0.992. The molecule has 1 aromatic rings. The van der Waals surface area contributed by atoms with Gasteiger partial charge in [0.1, 0.15) is 5.69 Å². The highest BCUT2D eigenvalue weighted by Crippen LogP contribution is 2.06. The number of allylic oxidation sites excluding steroid dienone is 1. The molecule has 1 heterocycles. The maximum Gasteiger partial charge on any atom is 0.183 e. The fourth-order valence-corrected chi connectivity index (χ4v) is 0.992. The molecule has 0 fully saturated rings. The molecule has 0 amide bonds. The van der Waals surface area contributed by atoms with E-state index in [9.17, 15) is 4.79 Å². The molecule has 0 saturated heterocycles. The molecule has 14 heavy (non-hydrogen) atoms. The Balaban J connectivity index is 2.61. The van der Waals surface area contributed by atoms with Crippen LogP contribution in [0.1, 0.15) is 35.9 Å². The first-order chi connectivity index (χ1) is 6.59. The van der Waals surface area contributed by atoms with Crippen molar-refractivity contribution in [1.82, 2.24) is 9.97 Å². The minimum absolute atomic E-state index is 0.0282. The summed E-state index contributed by atoms with van der Waals surface area (Å²) in [6.45, 7) is 7.50. The summed E-state index contributed by atoms with van der Waals surface area (Å²) in [6.07, 6.45) is 4.31. The van der Waals surface area contributed by atoms with Gasteiger partial charge in [-0.2, -0.15) is 0 Å². The maximum absolute atomic E-state index is 11.5. The van der Waals surface area contributed by atoms with Crippen molar-refractivity contribution in [1.29, 1.82) is 0 Å². The molecule has 0 aliphatic carbocycles. The van der Waals surface area contributed by atoms with Crippen molar-refractivity contribution in [3.8, 4) is 0 Å². The molecule has 0 aromatic carbocycles. The van der Waals surface area contributed by atoms with E-state index < -0.39 is 0 Å². The average Bonchev–Trinajstić information content (AvgIpc) is 2.15. The van der Waals surface area contributed by atoms with Gasteiger partial charge < -0.3 is 0 Å². The first-order valence-electron chi connectivity index (χ1n) is 4.56. The Bertz CT molecular complexity index is 341. The Morgan fingerprint density at radius 3 is 2.57 bits per heavy atom. The standard InChI is InChI=1S/C11H14N2O/c1-8(2)4-5-11(14)10-7-12-9(3)6-13-10/h6-7H,1,4-5H2,2-3H3. The minimum Gasteiger partial charge on any atom is -0.292 e. The molecule has 0 saturated carbocycles. The molecular formula is C11H14N2O. The number of aromatic nitrogens is 2. The summed E-state index contributed by atoms with van der Waals surface area (Å²) in [5.41, 5.74) is 2.27. The highest BCUT2D eigenvalue weighted by molar-refractivity contribution is 5.93. The Morgan fingerprint density at radius 1 is 1.36 bits per heavy atom. The lowest BCUT2D eigenvalue weighted by atomic mass is 10.1. The van der Waals surface area contributed by atoms with Crippen LogP contribution in [0.5, 0.6) is 0 Å². The van der Waals surface area contributed by atoms with Gasteiger partial charge in [0.2, 0.25) is 0 Å². The molecule has 0 N–H and O–H groups in total. The summed E-state index contributed by atoms with van der Waals surface area (Å²) in [5.74, 6) is 0.0282. The molecule has 0 spiro atoms. The van der Waals surface area contributed by atoms with Crippen LogP contribution in [0.2, 0.25) is 0 Å². The second-order valence-electron chi connectivity index (χ2n) is 3.42. The summed E-state index contributed by atoms with van der Waals surface area (Å²) in [7, 11) is 0. The molecule has 1 aromatic heterocycles. The van der Waals surface area contributed by atoms with Crippen molar-refractivity contribution in [2.75, 3.05) is 0 Å². The molecule has 0 bridgehead atoms. The van der Waals surface area contributed by atoms with E-state index in [2.05, 4.69) is 16.5 Å². The Kier molecular flexibility index (Phi) is 3.51. The fraction of sp³-hybridized carbons (Fsp3) is 0.364. The van der Waals surface area contributed by atoms with E-state index in [-0.39, 0.29) is 5.78 Å². The molecule has 1 rings (SSSR count). The third-order valence-electron chi connectivity index (χ3n) is 1.85. The summed E-state index contributed by atoms with van der Waals surface area (Å²) < 4.78 is 0. The number of Topliss-reactive ketones (excluding diaryl/α,β-unsaturated/α-hetero) is 1. The van der Waals surface area contributed by atoms with Crippen LogP contribution in [0.25, 0.3) is 0 Å². The van der Waals surface area contributed by atoms with E-state index in [0.717, 1.165) is 11.3 Å². The number of aryl methyl sites for hydroxylation is 1. The molecule has 3 heteroatoms. The highest BCUT2D eigenvalue weighted by atomic mass is 16.1. The number of nitrogens with zero attached hydrogens (tertiary/aromatic N) is 2. The zero-order valence-electron chi connectivity index (χ0n) is 8.58. The number of carbonyl (C=O) groups excluding carboxylic acids is 1. The van der Waals surface area contributed by atoms with Crippen LogP contribution >= 0.6 is 0 Å². The number of rotatable bonds is 4. The van der Waals surface area contributed by atoms with Crippen LogP contribution in [0.3, 0.4) is 0 Å². The van der Waals surface area contributed by atoms with Gasteiger partial charge in [-0.05, 0) is 20.3 Å². The first kappa shape index (κ1) is 10.6. The number of hydrogen-bond acceptors (Lipinski definition) is 3. The predicted molar refractivity (Wildman–Crippen MR) is 55.1 cm³/mol. The Morgan fingerprint density at radius 2 is 2.07 bits per heavy atom. The Hall–Kier alpha value is -1.51. The predicted octanol–water partition coefficient (Wildman–Crippen LogP) is 2.32. The quantitative estimate of drug-likeness (QED) is 0.540.